The minimum absolute atomic E-state index is 0.201. The number of nitrogens with zero attached hydrogens (tertiary/aromatic N) is 3. The van der Waals surface area contributed by atoms with E-state index in [9.17, 15) is 4.79 Å². The molecule has 28 heavy (non-hydrogen) atoms. The summed E-state index contributed by atoms with van der Waals surface area (Å²) in [5.41, 5.74) is 4.35. The third kappa shape index (κ3) is 3.37. The van der Waals surface area contributed by atoms with Crippen molar-refractivity contribution in [3.05, 3.63) is 87.8 Å². The van der Waals surface area contributed by atoms with Crippen LogP contribution in [0.25, 0.3) is 11.8 Å². The number of hydrogen-bond acceptors (Lipinski definition) is 4. The lowest BCUT2D eigenvalue weighted by Gasteiger charge is -2.01. The summed E-state index contributed by atoms with van der Waals surface area (Å²) in [6.45, 7) is 3.93. The van der Waals surface area contributed by atoms with Crippen molar-refractivity contribution in [2.75, 3.05) is 0 Å². The van der Waals surface area contributed by atoms with Gasteiger partial charge in [-0.25, -0.2) is 14.5 Å². The molecule has 3 aromatic rings. The van der Waals surface area contributed by atoms with Crippen molar-refractivity contribution >= 4 is 29.5 Å². The Labute approximate surface area is 167 Å². The first kappa shape index (κ1) is 18.2. The highest BCUT2D eigenvalue weighted by molar-refractivity contribution is 6.31. The summed E-state index contributed by atoms with van der Waals surface area (Å²) in [7, 11) is 0. The average Bonchev–Trinajstić information content (AvgIpc) is 3.23. The van der Waals surface area contributed by atoms with Gasteiger partial charge in [-0.3, -0.25) is 0 Å². The topological polar surface area (TPSA) is 56.5 Å². The van der Waals surface area contributed by atoms with Gasteiger partial charge in [-0.15, -0.1) is 0 Å². The maximum atomic E-state index is 12.3. The smallest absolute Gasteiger partial charge is 0.363 e. The molecule has 6 heteroatoms. The maximum Gasteiger partial charge on any atom is 0.363 e. The SMILES string of the molecule is CCc1ccc(C2=N/C(=C/c3c(C)nn(-c4ccccc4)c3Cl)C(=O)O2)cc1. The van der Waals surface area contributed by atoms with Gasteiger partial charge in [-0.1, -0.05) is 48.9 Å². The molecule has 2 aromatic carbocycles. The number of cyclic esters (lactones) is 1. The zero-order chi connectivity index (χ0) is 19.7. The van der Waals surface area contributed by atoms with Crippen molar-refractivity contribution in [1.82, 2.24) is 9.78 Å². The van der Waals surface area contributed by atoms with Crippen molar-refractivity contribution in [3.63, 3.8) is 0 Å². The fourth-order valence-corrected chi connectivity index (χ4v) is 3.29. The lowest BCUT2D eigenvalue weighted by molar-refractivity contribution is -0.129. The van der Waals surface area contributed by atoms with Gasteiger partial charge in [0.15, 0.2) is 5.70 Å². The normalized spacial score (nSPS) is 15.0. The molecule has 140 valence electrons. The third-order valence-corrected chi connectivity index (χ3v) is 4.92. The number of aromatic nitrogens is 2. The molecule has 1 aliphatic heterocycles. The van der Waals surface area contributed by atoms with Gasteiger partial charge >= 0.3 is 5.97 Å². The average molecular weight is 392 g/mol. The number of aliphatic imine (C=N–C) groups is 1. The van der Waals surface area contributed by atoms with Crippen LogP contribution in [0.2, 0.25) is 5.15 Å². The number of carbonyl (C=O) groups excluding carboxylic acids is 1. The van der Waals surface area contributed by atoms with E-state index in [1.165, 1.54) is 5.56 Å². The minimum Gasteiger partial charge on any atom is -0.402 e. The summed E-state index contributed by atoms with van der Waals surface area (Å²) in [4.78, 5) is 16.7. The number of hydrogen-bond donors (Lipinski definition) is 0. The number of carbonyl (C=O) groups is 1. The second-order valence-electron chi connectivity index (χ2n) is 6.42. The first-order valence-electron chi connectivity index (χ1n) is 8.99. The Morgan fingerprint density at radius 1 is 1.11 bits per heavy atom. The predicted octanol–water partition coefficient (Wildman–Crippen LogP) is 4.74. The molecule has 0 saturated heterocycles. The van der Waals surface area contributed by atoms with Gasteiger partial charge < -0.3 is 4.74 Å². The Kier molecular flexibility index (Phi) is 4.84. The Morgan fingerprint density at radius 2 is 1.82 bits per heavy atom. The van der Waals surface area contributed by atoms with Crippen LogP contribution in [0.1, 0.15) is 29.3 Å². The molecule has 1 aliphatic rings. The number of benzene rings is 2. The molecular weight excluding hydrogens is 374 g/mol. The molecule has 0 spiro atoms. The van der Waals surface area contributed by atoms with Crippen LogP contribution in [0.3, 0.4) is 0 Å². The molecule has 4 rings (SSSR count). The van der Waals surface area contributed by atoms with E-state index in [0.29, 0.717) is 22.3 Å². The van der Waals surface area contributed by atoms with E-state index in [4.69, 9.17) is 16.3 Å². The largest absolute Gasteiger partial charge is 0.402 e. The molecule has 2 heterocycles. The minimum atomic E-state index is -0.502. The van der Waals surface area contributed by atoms with Gasteiger partial charge in [0.2, 0.25) is 5.90 Å². The number of halogens is 1. The molecule has 0 saturated carbocycles. The highest BCUT2D eigenvalue weighted by atomic mass is 35.5. The highest BCUT2D eigenvalue weighted by Crippen LogP contribution is 2.28. The molecule has 1 aromatic heterocycles. The first-order valence-corrected chi connectivity index (χ1v) is 9.37. The van der Waals surface area contributed by atoms with E-state index in [1.54, 1.807) is 10.8 Å². The van der Waals surface area contributed by atoms with E-state index in [2.05, 4.69) is 17.0 Å². The Bertz CT molecular complexity index is 1100. The number of ether oxygens (including phenoxy) is 1. The number of rotatable bonds is 4. The van der Waals surface area contributed by atoms with Gasteiger partial charge in [-0.05, 0) is 49.2 Å². The summed E-state index contributed by atoms with van der Waals surface area (Å²) < 4.78 is 6.99. The van der Waals surface area contributed by atoms with Crippen LogP contribution in [0, 0.1) is 6.92 Å². The van der Waals surface area contributed by atoms with Crippen molar-refractivity contribution in [1.29, 1.82) is 0 Å². The molecule has 0 radical (unpaired) electrons. The molecule has 0 unspecified atom stereocenters. The van der Waals surface area contributed by atoms with Gasteiger partial charge in [0.05, 0.1) is 11.4 Å². The number of aryl methyl sites for hydroxylation is 2. The fourth-order valence-electron chi connectivity index (χ4n) is 2.97. The molecule has 0 amide bonds. The van der Waals surface area contributed by atoms with Crippen molar-refractivity contribution in [3.8, 4) is 5.69 Å². The van der Waals surface area contributed by atoms with Crippen LogP contribution < -0.4 is 0 Å². The van der Waals surface area contributed by atoms with Crippen LogP contribution >= 0.6 is 11.6 Å². The summed E-state index contributed by atoms with van der Waals surface area (Å²) in [6.07, 6.45) is 2.57. The summed E-state index contributed by atoms with van der Waals surface area (Å²) >= 11 is 6.53. The lowest BCUT2D eigenvalue weighted by Crippen LogP contribution is -2.05. The van der Waals surface area contributed by atoms with Crippen LogP contribution in [0.4, 0.5) is 0 Å². The predicted molar refractivity (Wildman–Crippen MR) is 110 cm³/mol. The van der Waals surface area contributed by atoms with E-state index in [0.717, 1.165) is 17.7 Å². The molecule has 0 atom stereocenters. The zero-order valence-electron chi connectivity index (χ0n) is 15.5. The van der Waals surface area contributed by atoms with Crippen molar-refractivity contribution in [2.24, 2.45) is 4.99 Å². The molecule has 0 aliphatic carbocycles. The lowest BCUT2D eigenvalue weighted by atomic mass is 10.1. The Morgan fingerprint density at radius 3 is 2.50 bits per heavy atom. The van der Waals surface area contributed by atoms with Crippen LogP contribution in [-0.2, 0) is 16.0 Å². The highest BCUT2D eigenvalue weighted by Gasteiger charge is 2.25. The van der Waals surface area contributed by atoms with Gasteiger partial charge in [0.25, 0.3) is 0 Å². The standard InChI is InChI=1S/C22H18ClN3O2/c1-3-15-9-11-16(12-10-15)21-24-19(22(27)28-21)13-18-14(2)25-26(20(18)23)17-7-5-4-6-8-17/h4-13H,3H2,1-2H3/b19-13+. The third-order valence-electron chi connectivity index (χ3n) is 4.56. The summed E-state index contributed by atoms with van der Waals surface area (Å²) in [5.74, 6) is -0.208. The molecular formula is C22H18ClN3O2. The second kappa shape index (κ2) is 7.44. The van der Waals surface area contributed by atoms with E-state index in [-0.39, 0.29) is 5.70 Å². The maximum absolute atomic E-state index is 12.3. The van der Waals surface area contributed by atoms with Crippen molar-refractivity contribution < 1.29 is 9.53 Å². The fraction of sp³-hybridized carbons (Fsp3) is 0.136. The molecule has 5 nitrogen and oxygen atoms in total. The van der Waals surface area contributed by atoms with E-state index in [1.807, 2.05) is 61.5 Å². The second-order valence-corrected chi connectivity index (χ2v) is 6.78. The first-order chi connectivity index (χ1) is 13.6. The zero-order valence-corrected chi connectivity index (χ0v) is 16.3. The number of para-hydroxylation sites is 1. The quantitative estimate of drug-likeness (QED) is 0.476. The van der Waals surface area contributed by atoms with Crippen LogP contribution in [0.15, 0.2) is 65.3 Å². The van der Waals surface area contributed by atoms with Gasteiger partial charge in [0.1, 0.15) is 5.15 Å². The monoisotopic (exact) mass is 391 g/mol. The van der Waals surface area contributed by atoms with E-state index < -0.39 is 5.97 Å². The van der Waals surface area contributed by atoms with Crippen molar-refractivity contribution in [2.45, 2.75) is 20.3 Å². The van der Waals surface area contributed by atoms with Gasteiger partial charge in [0, 0.05) is 11.1 Å². The van der Waals surface area contributed by atoms with Gasteiger partial charge in [-0.2, -0.15) is 5.10 Å². The molecule has 0 bridgehead atoms. The Balaban J connectivity index is 1.70. The molecule has 0 N–H and O–H groups in total. The number of esters is 1. The van der Waals surface area contributed by atoms with Crippen LogP contribution in [0.5, 0.6) is 0 Å². The summed E-state index contributed by atoms with van der Waals surface area (Å²) in [6, 6.07) is 17.4. The summed E-state index contributed by atoms with van der Waals surface area (Å²) in [5, 5.41) is 4.90. The molecule has 0 fully saturated rings. The Hall–Kier alpha value is -3.18. The van der Waals surface area contributed by atoms with Crippen LogP contribution in [-0.4, -0.2) is 21.6 Å². The van der Waals surface area contributed by atoms with E-state index >= 15 is 0 Å².